The number of aromatic hydroxyl groups is 1. The predicted molar refractivity (Wildman–Crippen MR) is 158 cm³/mol. The van der Waals surface area contributed by atoms with Crippen molar-refractivity contribution in [2.24, 2.45) is 10.2 Å². The lowest BCUT2D eigenvalue weighted by atomic mass is 10.1. The van der Waals surface area contributed by atoms with Gasteiger partial charge in [0.2, 0.25) is 0 Å². The van der Waals surface area contributed by atoms with Crippen molar-refractivity contribution in [1.29, 1.82) is 0 Å². The second-order valence-electron chi connectivity index (χ2n) is 9.37. The van der Waals surface area contributed by atoms with Gasteiger partial charge in [0, 0.05) is 27.5 Å². The van der Waals surface area contributed by atoms with E-state index in [2.05, 4.69) is 15.5 Å². The lowest BCUT2D eigenvalue weighted by molar-refractivity contribution is 0.476. The molecular formula is C27H21N3O10S3. The van der Waals surface area contributed by atoms with E-state index >= 15 is 0 Å². The first-order chi connectivity index (χ1) is 20.0. The SMILES string of the molecule is Cc1ccc(Nc2ccc(N=Nc3cc(S(=O)(=O)O)cc4c(S(=O)(=O)O)ccc(O)c34)c3cccc(S(=O)(=O)O)c23)cc1. The van der Waals surface area contributed by atoms with Gasteiger partial charge in [0.25, 0.3) is 30.4 Å². The number of benzene rings is 5. The van der Waals surface area contributed by atoms with Gasteiger partial charge in [0.15, 0.2) is 0 Å². The van der Waals surface area contributed by atoms with Crippen molar-refractivity contribution < 1.29 is 44.0 Å². The van der Waals surface area contributed by atoms with E-state index < -0.39 is 61.9 Å². The highest BCUT2D eigenvalue weighted by atomic mass is 32.2. The molecule has 0 aliphatic rings. The smallest absolute Gasteiger partial charge is 0.295 e. The van der Waals surface area contributed by atoms with E-state index in [1.54, 1.807) is 12.1 Å². The normalized spacial score (nSPS) is 12.7. The first-order valence-corrected chi connectivity index (χ1v) is 16.4. The average molecular weight is 644 g/mol. The number of azo groups is 1. The van der Waals surface area contributed by atoms with Crippen molar-refractivity contribution >= 4 is 74.6 Å². The van der Waals surface area contributed by atoms with Gasteiger partial charge in [-0.25, -0.2) is 0 Å². The number of nitrogens with zero attached hydrogens (tertiary/aromatic N) is 2. The summed E-state index contributed by atoms with van der Waals surface area (Å²) in [5, 5.41) is 21.2. The molecule has 0 atom stereocenters. The summed E-state index contributed by atoms with van der Waals surface area (Å²) in [7, 11) is -14.6. The van der Waals surface area contributed by atoms with Gasteiger partial charge in [-0.2, -0.15) is 25.3 Å². The molecule has 0 aliphatic heterocycles. The largest absolute Gasteiger partial charge is 0.507 e. The van der Waals surface area contributed by atoms with Crippen LogP contribution < -0.4 is 5.32 Å². The third-order valence-electron chi connectivity index (χ3n) is 6.43. The van der Waals surface area contributed by atoms with Gasteiger partial charge < -0.3 is 10.4 Å². The molecule has 0 bridgehead atoms. The molecule has 5 aromatic rings. The Morgan fingerprint density at radius 3 is 1.91 bits per heavy atom. The van der Waals surface area contributed by atoms with Crippen LogP contribution in [0.5, 0.6) is 5.75 Å². The zero-order valence-electron chi connectivity index (χ0n) is 21.9. The summed E-state index contributed by atoms with van der Waals surface area (Å²) in [5.74, 6) is -0.547. The summed E-state index contributed by atoms with van der Waals surface area (Å²) >= 11 is 0. The first kappa shape index (κ1) is 30.0. The van der Waals surface area contributed by atoms with Gasteiger partial charge >= 0.3 is 0 Å². The molecule has 0 spiro atoms. The monoisotopic (exact) mass is 643 g/mol. The number of phenolic OH excluding ortho intramolecular Hbond substituents is 1. The van der Waals surface area contributed by atoms with Crippen molar-refractivity contribution in [2.45, 2.75) is 21.6 Å². The van der Waals surface area contributed by atoms with Gasteiger partial charge in [-0.15, -0.1) is 10.2 Å². The molecule has 0 radical (unpaired) electrons. The van der Waals surface area contributed by atoms with Crippen molar-refractivity contribution in [3.8, 4) is 5.75 Å². The average Bonchev–Trinajstić information content (AvgIpc) is 2.91. The lowest BCUT2D eigenvalue weighted by Crippen LogP contribution is -2.02. The molecule has 0 unspecified atom stereocenters. The number of hydrogen-bond acceptors (Lipinski definition) is 10. The second kappa shape index (κ2) is 10.7. The fourth-order valence-electron chi connectivity index (χ4n) is 4.51. The molecule has 0 aliphatic carbocycles. The molecule has 0 saturated heterocycles. The third-order valence-corrected chi connectivity index (χ3v) is 9.07. The van der Waals surface area contributed by atoms with Crippen LogP contribution in [-0.2, 0) is 30.4 Å². The van der Waals surface area contributed by atoms with Gasteiger partial charge in [-0.1, -0.05) is 29.8 Å². The summed E-state index contributed by atoms with van der Waals surface area (Å²) in [6, 6.07) is 17.5. The molecule has 16 heteroatoms. The highest BCUT2D eigenvalue weighted by Crippen LogP contribution is 2.42. The number of aryl methyl sites for hydroxylation is 1. The Kier molecular flexibility index (Phi) is 7.45. The summed E-state index contributed by atoms with van der Waals surface area (Å²) in [6.07, 6.45) is 0. The van der Waals surface area contributed by atoms with Crippen molar-refractivity contribution in [1.82, 2.24) is 0 Å². The Morgan fingerprint density at radius 1 is 0.628 bits per heavy atom. The van der Waals surface area contributed by atoms with Crippen LogP contribution in [-0.4, -0.2) is 44.0 Å². The minimum atomic E-state index is -4.93. The molecule has 13 nitrogen and oxygen atoms in total. The third kappa shape index (κ3) is 6.05. The highest BCUT2D eigenvalue weighted by Gasteiger charge is 2.23. The number of rotatable bonds is 7. The summed E-state index contributed by atoms with van der Waals surface area (Å²) in [6.45, 7) is 1.90. The zero-order chi connectivity index (χ0) is 31.3. The van der Waals surface area contributed by atoms with E-state index in [4.69, 9.17) is 0 Å². The minimum absolute atomic E-state index is 0.0331. The fraction of sp³-hybridized carbons (Fsp3) is 0.0370. The Bertz CT molecular complexity index is 2300. The van der Waals surface area contributed by atoms with Crippen LogP contribution in [0.3, 0.4) is 0 Å². The van der Waals surface area contributed by atoms with Crippen LogP contribution in [0.15, 0.2) is 104 Å². The van der Waals surface area contributed by atoms with E-state index in [0.717, 1.165) is 29.8 Å². The summed E-state index contributed by atoms with van der Waals surface area (Å²) in [5.41, 5.74) is 1.52. The van der Waals surface area contributed by atoms with Gasteiger partial charge in [0.1, 0.15) is 15.5 Å². The summed E-state index contributed by atoms with van der Waals surface area (Å²) in [4.78, 5) is -2.01. The first-order valence-electron chi connectivity index (χ1n) is 12.1. The Hall–Kier alpha value is -4.45. The predicted octanol–water partition coefficient (Wildman–Crippen LogP) is 5.91. The molecule has 43 heavy (non-hydrogen) atoms. The Morgan fingerprint density at radius 2 is 1.28 bits per heavy atom. The maximum absolute atomic E-state index is 12.3. The van der Waals surface area contributed by atoms with E-state index in [9.17, 15) is 44.0 Å². The minimum Gasteiger partial charge on any atom is -0.507 e. The van der Waals surface area contributed by atoms with Gasteiger partial charge in [-0.05, 0) is 61.5 Å². The summed E-state index contributed by atoms with van der Waals surface area (Å²) < 4.78 is 102. The zero-order valence-corrected chi connectivity index (χ0v) is 24.3. The topological polar surface area (TPSA) is 220 Å². The molecule has 5 N–H and O–H groups in total. The van der Waals surface area contributed by atoms with Crippen LogP contribution >= 0.6 is 0 Å². The van der Waals surface area contributed by atoms with Crippen LogP contribution in [0, 0.1) is 6.92 Å². The molecule has 5 aromatic carbocycles. The van der Waals surface area contributed by atoms with Crippen LogP contribution in [0.4, 0.5) is 22.7 Å². The van der Waals surface area contributed by atoms with E-state index in [0.29, 0.717) is 11.4 Å². The molecule has 0 amide bonds. The molecule has 0 heterocycles. The molecule has 0 saturated carbocycles. The Balaban J connectivity index is 1.76. The highest BCUT2D eigenvalue weighted by molar-refractivity contribution is 7.86. The molecular weight excluding hydrogens is 623 g/mol. The van der Waals surface area contributed by atoms with Crippen molar-refractivity contribution in [2.75, 3.05) is 5.32 Å². The molecule has 0 aromatic heterocycles. The van der Waals surface area contributed by atoms with E-state index in [-0.39, 0.29) is 21.8 Å². The standard InChI is InChI=1S/C27H21N3O10S3/c1-15-5-7-16(8-6-15)28-21-10-9-20(18-3-2-4-25(27(18)21)43(38,39)40)29-30-22-14-17(41(32,33)34)13-19-24(42(35,36)37)12-11-23(31)26(19)22/h2-14,28,31H,1H3,(H,32,33,34)(H,35,36,37)(H,38,39,40). The fourth-order valence-corrected chi connectivity index (χ4v) is 6.44. The number of hydrogen-bond donors (Lipinski definition) is 5. The maximum Gasteiger partial charge on any atom is 0.295 e. The van der Waals surface area contributed by atoms with Crippen molar-refractivity contribution in [3.63, 3.8) is 0 Å². The van der Waals surface area contributed by atoms with E-state index in [1.165, 1.54) is 30.3 Å². The van der Waals surface area contributed by atoms with Crippen molar-refractivity contribution in [3.05, 3.63) is 84.4 Å². The van der Waals surface area contributed by atoms with Gasteiger partial charge in [0.05, 0.1) is 21.7 Å². The number of nitrogens with one attached hydrogen (secondary N) is 1. The molecule has 5 rings (SSSR count). The quantitative estimate of drug-likeness (QED) is 0.104. The van der Waals surface area contributed by atoms with E-state index in [1.807, 2.05) is 19.1 Å². The van der Waals surface area contributed by atoms with Crippen LogP contribution in [0.25, 0.3) is 21.5 Å². The Labute approximate surface area is 245 Å². The maximum atomic E-state index is 12.3. The van der Waals surface area contributed by atoms with Crippen LogP contribution in [0.1, 0.15) is 5.56 Å². The number of phenols is 1. The second-order valence-corrected chi connectivity index (χ2v) is 13.6. The number of anilines is 2. The molecule has 0 fully saturated rings. The number of fused-ring (bicyclic) bond motifs is 2. The van der Waals surface area contributed by atoms with Gasteiger partial charge in [-0.3, -0.25) is 13.7 Å². The lowest BCUT2D eigenvalue weighted by Gasteiger charge is -2.14. The van der Waals surface area contributed by atoms with Crippen LogP contribution in [0.2, 0.25) is 0 Å². The molecule has 222 valence electrons.